The monoisotopic (exact) mass is 200 g/mol. The third-order valence-corrected chi connectivity index (χ3v) is 1.85. The third kappa shape index (κ3) is 4.80. The van der Waals surface area contributed by atoms with Crippen molar-refractivity contribution in [1.82, 2.24) is 0 Å². The Labute approximate surface area is 84.5 Å². The Morgan fingerprint density at radius 2 is 2.07 bits per heavy atom. The van der Waals surface area contributed by atoms with Crippen molar-refractivity contribution in [2.45, 2.75) is 33.1 Å². The minimum absolute atomic E-state index is 0.160. The molecule has 0 amide bonds. The third-order valence-electron chi connectivity index (χ3n) is 1.85. The zero-order valence-corrected chi connectivity index (χ0v) is 8.97. The summed E-state index contributed by atoms with van der Waals surface area (Å²) in [6.07, 6.45) is 4.45. The van der Waals surface area contributed by atoms with Crippen LogP contribution in [-0.4, -0.2) is 13.1 Å². The van der Waals surface area contributed by atoms with Gasteiger partial charge in [0.05, 0.1) is 7.11 Å². The van der Waals surface area contributed by atoms with Gasteiger partial charge in [0.25, 0.3) is 0 Å². The number of ether oxygens (including phenoxy) is 1. The molecule has 0 saturated heterocycles. The highest BCUT2D eigenvalue weighted by Crippen LogP contribution is 2.17. The van der Waals surface area contributed by atoms with Gasteiger partial charge in [-0.05, 0) is 25.3 Å². The topological polar surface area (TPSA) is 26.3 Å². The Bertz CT molecular complexity index is 242. The normalized spacial score (nSPS) is 12.9. The lowest BCUT2D eigenvalue weighted by Gasteiger charge is -2.03. The first-order valence-corrected chi connectivity index (χ1v) is 4.72. The fourth-order valence-corrected chi connectivity index (χ4v) is 1.08. The second-order valence-electron chi connectivity index (χ2n) is 2.86. The average Bonchev–Trinajstić information content (AvgIpc) is 2.22. The number of carbonyl (C=O) groups excluding carboxylic acids is 1. The Hall–Kier alpha value is -1.12. The molecule has 0 heterocycles. The van der Waals surface area contributed by atoms with Crippen LogP contribution in [0.25, 0.3) is 0 Å². The number of allylic oxidation sites excluding steroid dienone is 4. The molecule has 0 aliphatic rings. The molecule has 14 heavy (non-hydrogen) atoms. The molecule has 0 radical (unpaired) electrons. The number of hydrogen-bond acceptors (Lipinski definition) is 2. The van der Waals surface area contributed by atoms with E-state index >= 15 is 0 Å². The Kier molecular flexibility index (Phi) is 6.72. The van der Waals surface area contributed by atoms with E-state index in [1.54, 1.807) is 19.1 Å². The van der Waals surface area contributed by atoms with Crippen molar-refractivity contribution in [3.8, 4) is 0 Å². The molecule has 0 aromatic rings. The van der Waals surface area contributed by atoms with Crippen LogP contribution in [0.5, 0.6) is 0 Å². The van der Waals surface area contributed by atoms with E-state index in [4.69, 9.17) is 0 Å². The molecule has 0 atom stereocenters. The van der Waals surface area contributed by atoms with E-state index in [0.29, 0.717) is 18.4 Å². The minimum atomic E-state index is -0.309. The van der Waals surface area contributed by atoms with Crippen LogP contribution in [0.2, 0.25) is 0 Å². The van der Waals surface area contributed by atoms with Crippen LogP contribution in [0.1, 0.15) is 33.1 Å². The zero-order valence-electron chi connectivity index (χ0n) is 8.97. The molecule has 0 unspecified atom stereocenters. The van der Waals surface area contributed by atoms with Gasteiger partial charge in [0.2, 0.25) is 0 Å². The van der Waals surface area contributed by atoms with Gasteiger partial charge in [-0.3, -0.25) is 4.79 Å². The SMILES string of the molecule is C/C=C\C(CCC(=O)OC)=C(\F)CC. The van der Waals surface area contributed by atoms with E-state index in [1.165, 1.54) is 7.11 Å². The standard InChI is InChI=1S/C11H17FO2/c1-4-6-9(10(12)5-2)7-8-11(13)14-3/h4,6H,5,7-8H2,1-3H3/b6-4-,10-9-. The first-order chi connectivity index (χ1) is 6.65. The molecule has 0 bridgehead atoms. The van der Waals surface area contributed by atoms with E-state index in [1.807, 2.05) is 6.92 Å². The molecular formula is C11H17FO2. The second kappa shape index (κ2) is 7.30. The van der Waals surface area contributed by atoms with Crippen molar-refractivity contribution >= 4 is 5.97 Å². The molecule has 0 saturated carbocycles. The summed E-state index contributed by atoms with van der Waals surface area (Å²) in [5.74, 6) is -0.470. The number of esters is 1. The molecule has 0 aliphatic carbocycles. The van der Waals surface area contributed by atoms with Gasteiger partial charge in [-0.25, -0.2) is 4.39 Å². The lowest BCUT2D eigenvalue weighted by atomic mass is 10.1. The number of carbonyl (C=O) groups is 1. The first-order valence-electron chi connectivity index (χ1n) is 4.72. The van der Waals surface area contributed by atoms with Gasteiger partial charge in [0.1, 0.15) is 5.83 Å². The van der Waals surface area contributed by atoms with E-state index in [2.05, 4.69) is 4.74 Å². The fraction of sp³-hybridized carbons (Fsp3) is 0.545. The Morgan fingerprint density at radius 3 is 2.50 bits per heavy atom. The van der Waals surface area contributed by atoms with Gasteiger partial charge in [-0.1, -0.05) is 19.1 Å². The first kappa shape index (κ1) is 12.9. The predicted molar refractivity (Wildman–Crippen MR) is 54.5 cm³/mol. The number of halogens is 1. The highest BCUT2D eigenvalue weighted by molar-refractivity contribution is 5.69. The van der Waals surface area contributed by atoms with Gasteiger partial charge in [0, 0.05) is 6.42 Å². The van der Waals surface area contributed by atoms with Gasteiger partial charge < -0.3 is 4.74 Å². The molecule has 0 aromatic carbocycles. The molecule has 0 aromatic heterocycles. The van der Waals surface area contributed by atoms with Crippen LogP contribution in [0.15, 0.2) is 23.6 Å². The van der Waals surface area contributed by atoms with Gasteiger partial charge in [0.15, 0.2) is 0 Å². The zero-order chi connectivity index (χ0) is 11.0. The maximum atomic E-state index is 13.2. The number of rotatable bonds is 5. The molecule has 80 valence electrons. The predicted octanol–water partition coefficient (Wildman–Crippen LogP) is 3.15. The highest BCUT2D eigenvalue weighted by atomic mass is 19.1. The van der Waals surface area contributed by atoms with Crippen LogP contribution < -0.4 is 0 Å². The second-order valence-corrected chi connectivity index (χ2v) is 2.86. The lowest BCUT2D eigenvalue weighted by Crippen LogP contribution is -2.00. The Balaban J connectivity index is 4.32. The van der Waals surface area contributed by atoms with Crippen molar-refractivity contribution in [2.24, 2.45) is 0 Å². The Morgan fingerprint density at radius 1 is 1.43 bits per heavy atom. The summed E-state index contributed by atoms with van der Waals surface area (Å²) in [5.41, 5.74) is 0.584. The largest absolute Gasteiger partial charge is 0.469 e. The van der Waals surface area contributed by atoms with Crippen LogP contribution in [0.4, 0.5) is 4.39 Å². The van der Waals surface area contributed by atoms with Crippen LogP contribution in [0.3, 0.4) is 0 Å². The number of hydrogen-bond donors (Lipinski definition) is 0. The minimum Gasteiger partial charge on any atom is -0.469 e. The average molecular weight is 200 g/mol. The van der Waals surface area contributed by atoms with E-state index in [0.717, 1.165) is 0 Å². The molecule has 2 nitrogen and oxygen atoms in total. The van der Waals surface area contributed by atoms with Crippen molar-refractivity contribution in [3.05, 3.63) is 23.6 Å². The maximum Gasteiger partial charge on any atom is 0.305 e. The van der Waals surface area contributed by atoms with Crippen LogP contribution in [-0.2, 0) is 9.53 Å². The van der Waals surface area contributed by atoms with E-state index in [9.17, 15) is 9.18 Å². The van der Waals surface area contributed by atoms with Crippen molar-refractivity contribution in [1.29, 1.82) is 0 Å². The molecule has 3 heteroatoms. The molecule has 0 fully saturated rings. The molecule has 0 spiro atoms. The van der Waals surface area contributed by atoms with Crippen molar-refractivity contribution in [2.75, 3.05) is 7.11 Å². The summed E-state index contributed by atoms with van der Waals surface area (Å²) in [4.78, 5) is 10.8. The highest BCUT2D eigenvalue weighted by Gasteiger charge is 2.05. The number of methoxy groups -OCH3 is 1. The fourth-order valence-electron chi connectivity index (χ4n) is 1.08. The lowest BCUT2D eigenvalue weighted by molar-refractivity contribution is -0.140. The molecule has 0 rings (SSSR count). The van der Waals surface area contributed by atoms with Crippen molar-refractivity contribution in [3.63, 3.8) is 0 Å². The van der Waals surface area contributed by atoms with E-state index < -0.39 is 0 Å². The molecular weight excluding hydrogens is 183 g/mol. The summed E-state index contributed by atoms with van der Waals surface area (Å²) >= 11 is 0. The maximum absolute atomic E-state index is 13.2. The smallest absolute Gasteiger partial charge is 0.305 e. The quantitative estimate of drug-likeness (QED) is 0.503. The van der Waals surface area contributed by atoms with Crippen LogP contribution >= 0.6 is 0 Å². The molecule has 0 N–H and O–H groups in total. The van der Waals surface area contributed by atoms with Gasteiger partial charge >= 0.3 is 5.97 Å². The van der Waals surface area contributed by atoms with E-state index in [-0.39, 0.29) is 18.2 Å². The van der Waals surface area contributed by atoms with Crippen LogP contribution in [0, 0.1) is 0 Å². The summed E-state index contributed by atoms with van der Waals surface area (Å²) in [5, 5.41) is 0. The van der Waals surface area contributed by atoms with Crippen molar-refractivity contribution < 1.29 is 13.9 Å². The molecule has 0 aliphatic heterocycles. The van der Waals surface area contributed by atoms with Gasteiger partial charge in [-0.2, -0.15) is 0 Å². The summed E-state index contributed by atoms with van der Waals surface area (Å²) in [6.45, 7) is 3.57. The summed E-state index contributed by atoms with van der Waals surface area (Å²) in [6, 6.07) is 0. The van der Waals surface area contributed by atoms with Gasteiger partial charge in [-0.15, -0.1) is 0 Å². The summed E-state index contributed by atoms with van der Waals surface area (Å²) < 4.78 is 17.7. The summed E-state index contributed by atoms with van der Waals surface area (Å²) in [7, 11) is 1.33.